The van der Waals surface area contributed by atoms with Crippen LogP contribution in [0.5, 0.6) is 0 Å². The minimum atomic E-state index is -1.17. The molecule has 3 N–H and O–H groups in total. The molecule has 2 aromatic heterocycles. The first-order chi connectivity index (χ1) is 16.2. The molecular weight excluding hydrogens is 450 g/mol. The number of fused-ring (bicyclic) bond motifs is 1. The molecule has 0 radical (unpaired) electrons. The number of hydrogen-bond acceptors (Lipinski definition) is 11. The summed E-state index contributed by atoms with van der Waals surface area (Å²) < 4.78 is 23.5. The van der Waals surface area contributed by atoms with Crippen LogP contribution < -0.4 is 11.3 Å². The maximum absolute atomic E-state index is 12.4. The van der Waals surface area contributed by atoms with Crippen LogP contribution in [0.3, 0.4) is 0 Å². The minimum absolute atomic E-state index is 0.0256. The Morgan fingerprint density at radius 2 is 1.79 bits per heavy atom. The Hall–Kier alpha value is -4.26. The maximum Gasteiger partial charge on any atom is 0.338 e. The second-order valence-corrected chi connectivity index (χ2v) is 7.45. The number of carbonyl (C=O) groups is 3. The van der Waals surface area contributed by atoms with Crippen LogP contribution in [-0.2, 0) is 28.5 Å². The van der Waals surface area contributed by atoms with Gasteiger partial charge in [-0.1, -0.05) is 18.2 Å². The van der Waals surface area contributed by atoms with E-state index in [9.17, 15) is 19.2 Å². The number of anilines is 1. The third-order valence-electron chi connectivity index (χ3n) is 5.00. The lowest BCUT2D eigenvalue weighted by molar-refractivity contribution is -0.165. The smallest absolute Gasteiger partial charge is 0.338 e. The van der Waals surface area contributed by atoms with Crippen LogP contribution in [0.25, 0.3) is 11.2 Å². The summed E-state index contributed by atoms with van der Waals surface area (Å²) in [5.74, 6) is -2.12. The Bertz CT molecular complexity index is 1290. The molecule has 0 bridgehead atoms. The molecule has 1 fully saturated rings. The summed E-state index contributed by atoms with van der Waals surface area (Å²) in [7, 11) is 0. The lowest BCUT2D eigenvalue weighted by Gasteiger charge is -2.23. The number of H-pyrrole nitrogens is 1. The van der Waals surface area contributed by atoms with Gasteiger partial charge in [-0.05, 0) is 12.1 Å². The minimum Gasteiger partial charge on any atom is -0.459 e. The quantitative estimate of drug-likeness (QED) is 0.374. The molecule has 1 saturated heterocycles. The lowest BCUT2D eigenvalue weighted by Crippen LogP contribution is -2.40. The molecule has 1 aliphatic rings. The van der Waals surface area contributed by atoms with Crippen molar-refractivity contribution in [1.82, 2.24) is 19.5 Å². The van der Waals surface area contributed by atoms with E-state index in [1.165, 1.54) is 24.7 Å². The van der Waals surface area contributed by atoms with Crippen molar-refractivity contribution in [2.75, 3.05) is 12.3 Å². The Kier molecular flexibility index (Phi) is 6.27. The lowest BCUT2D eigenvalue weighted by atomic mass is 10.1. The van der Waals surface area contributed by atoms with E-state index >= 15 is 0 Å². The number of nitrogens with one attached hydrogen (secondary N) is 1. The number of esters is 3. The Labute approximate surface area is 191 Å². The van der Waals surface area contributed by atoms with E-state index in [1.54, 1.807) is 30.3 Å². The van der Waals surface area contributed by atoms with E-state index < -0.39 is 48.0 Å². The van der Waals surface area contributed by atoms with Gasteiger partial charge in [-0.3, -0.25) is 23.9 Å². The van der Waals surface area contributed by atoms with Crippen LogP contribution in [0, 0.1) is 0 Å². The molecular formula is C21H21N5O8. The highest BCUT2D eigenvalue weighted by atomic mass is 16.7. The first kappa shape index (κ1) is 22.9. The number of aromatic amines is 1. The zero-order valence-corrected chi connectivity index (χ0v) is 18.2. The molecule has 13 nitrogen and oxygen atoms in total. The standard InChI is InChI=1S/C21H21N5O8/c1-10(27)32-15-13(8-31-20(30)12-6-4-3-5-7-12)34-19(16(15)33-11(2)28)26-9-23-14-17(26)24-21(22)25-18(14)29/h3-7,9,13,15-16,19H,8H2,1-2H3,(H3,22,24,25,29)/t13-,15-,16-,19?/m1/s1. The number of rotatable bonds is 6. The van der Waals surface area contributed by atoms with Crippen LogP contribution >= 0.6 is 0 Å². The predicted octanol–water partition coefficient (Wildman–Crippen LogP) is 0.320. The predicted molar refractivity (Wildman–Crippen MR) is 114 cm³/mol. The number of benzene rings is 1. The third kappa shape index (κ3) is 4.59. The SMILES string of the molecule is CC(=O)O[C@@H]1[C@@H](COC(=O)c2ccccc2)OC(n2cnc3c(=O)[nH]c(N)nc32)[C@@H]1OC(C)=O. The molecule has 0 amide bonds. The van der Waals surface area contributed by atoms with Crippen LogP contribution in [0.15, 0.2) is 41.5 Å². The largest absolute Gasteiger partial charge is 0.459 e. The average molecular weight is 471 g/mol. The number of ether oxygens (including phenoxy) is 4. The first-order valence-electron chi connectivity index (χ1n) is 10.2. The first-order valence-corrected chi connectivity index (χ1v) is 10.2. The molecule has 1 aromatic carbocycles. The number of nitrogens with two attached hydrogens (primary N) is 1. The van der Waals surface area contributed by atoms with Gasteiger partial charge in [-0.25, -0.2) is 9.78 Å². The summed E-state index contributed by atoms with van der Waals surface area (Å²) in [4.78, 5) is 58.7. The fraction of sp³-hybridized carbons (Fsp3) is 0.333. The molecule has 3 aromatic rings. The number of nitrogen functional groups attached to an aromatic ring is 1. The van der Waals surface area contributed by atoms with Crippen LogP contribution in [0.4, 0.5) is 5.95 Å². The van der Waals surface area contributed by atoms with Gasteiger partial charge < -0.3 is 24.7 Å². The Morgan fingerprint density at radius 3 is 2.47 bits per heavy atom. The molecule has 0 aliphatic carbocycles. The maximum atomic E-state index is 12.4. The fourth-order valence-corrected chi connectivity index (χ4v) is 3.66. The molecule has 4 rings (SSSR count). The van der Waals surface area contributed by atoms with E-state index in [0.29, 0.717) is 5.56 Å². The summed E-state index contributed by atoms with van der Waals surface area (Å²) in [5, 5.41) is 0. The number of aromatic nitrogens is 4. The Balaban J connectivity index is 1.67. The molecule has 0 spiro atoms. The van der Waals surface area contributed by atoms with Crippen molar-refractivity contribution in [3.8, 4) is 0 Å². The summed E-state index contributed by atoms with van der Waals surface area (Å²) >= 11 is 0. The van der Waals surface area contributed by atoms with Crippen molar-refractivity contribution in [2.45, 2.75) is 38.4 Å². The van der Waals surface area contributed by atoms with E-state index in [4.69, 9.17) is 24.7 Å². The number of carbonyl (C=O) groups excluding carboxylic acids is 3. The van der Waals surface area contributed by atoms with E-state index in [-0.39, 0.29) is 23.7 Å². The second kappa shape index (κ2) is 9.31. The summed E-state index contributed by atoms with van der Waals surface area (Å²) in [6.45, 7) is 2.04. The normalized spacial score (nSPS) is 21.8. The molecule has 1 aliphatic heterocycles. The topological polar surface area (TPSA) is 178 Å². The van der Waals surface area contributed by atoms with Crippen molar-refractivity contribution >= 4 is 35.0 Å². The molecule has 34 heavy (non-hydrogen) atoms. The van der Waals surface area contributed by atoms with Crippen LogP contribution in [0.1, 0.15) is 30.4 Å². The van der Waals surface area contributed by atoms with Crippen LogP contribution in [-0.4, -0.2) is 62.3 Å². The number of hydrogen-bond donors (Lipinski definition) is 2. The zero-order valence-electron chi connectivity index (χ0n) is 18.2. The molecule has 4 atom stereocenters. The van der Waals surface area contributed by atoms with Gasteiger partial charge in [0.05, 0.1) is 11.9 Å². The summed E-state index contributed by atoms with van der Waals surface area (Å²) in [5.41, 5.74) is 5.44. The van der Waals surface area contributed by atoms with E-state index in [0.717, 1.165) is 0 Å². The van der Waals surface area contributed by atoms with Gasteiger partial charge >= 0.3 is 17.9 Å². The van der Waals surface area contributed by atoms with Gasteiger partial charge in [0.15, 0.2) is 29.6 Å². The summed E-state index contributed by atoms with van der Waals surface area (Å²) in [6, 6.07) is 8.28. The number of imidazole rings is 1. The highest BCUT2D eigenvalue weighted by Gasteiger charge is 2.51. The van der Waals surface area contributed by atoms with Crippen molar-refractivity contribution in [1.29, 1.82) is 0 Å². The van der Waals surface area contributed by atoms with Crippen molar-refractivity contribution in [3.05, 3.63) is 52.6 Å². The molecule has 178 valence electrons. The van der Waals surface area contributed by atoms with Gasteiger partial charge in [0.25, 0.3) is 5.56 Å². The zero-order chi connectivity index (χ0) is 24.4. The molecule has 3 heterocycles. The Morgan fingerprint density at radius 1 is 1.12 bits per heavy atom. The van der Waals surface area contributed by atoms with Gasteiger partial charge in [0.1, 0.15) is 12.7 Å². The summed E-state index contributed by atoms with van der Waals surface area (Å²) in [6.07, 6.45) is -3.17. The van der Waals surface area contributed by atoms with Gasteiger partial charge in [-0.2, -0.15) is 4.98 Å². The fourth-order valence-electron chi connectivity index (χ4n) is 3.66. The third-order valence-corrected chi connectivity index (χ3v) is 5.00. The molecule has 13 heteroatoms. The van der Waals surface area contributed by atoms with Gasteiger partial charge in [0, 0.05) is 13.8 Å². The van der Waals surface area contributed by atoms with Gasteiger partial charge in [-0.15, -0.1) is 0 Å². The number of nitrogens with zero attached hydrogens (tertiary/aromatic N) is 3. The second-order valence-electron chi connectivity index (χ2n) is 7.45. The molecule has 0 saturated carbocycles. The van der Waals surface area contributed by atoms with Crippen molar-refractivity contribution < 1.29 is 33.3 Å². The van der Waals surface area contributed by atoms with Crippen molar-refractivity contribution in [3.63, 3.8) is 0 Å². The monoisotopic (exact) mass is 471 g/mol. The average Bonchev–Trinajstić information content (AvgIpc) is 3.34. The van der Waals surface area contributed by atoms with Gasteiger partial charge in [0.2, 0.25) is 5.95 Å². The molecule has 1 unspecified atom stereocenters. The highest BCUT2D eigenvalue weighted by molar-refractivity contribution is 5.89. The van der Waals surface area contributed by atoms with Crippen molar-refractivity contribution in [2.24, 2.45) is 0 Å². The highest BCUT2D eigenvalue weighted by Crippen LogP contribution is 2.35. The van der Waals surface area contributed by atoms with E-state index in [1.807, 2.05) is 0 Å². The van der Waals surface area contributed by atoms with Crippen LogP contribution in [0.2, 0.25) is 0 Å². The van der Waals surface area contributed by atoms with E-state index in [2.05, 4.69) is 15.0 Å².